The maximum Gasteiger partial charge on any atom is 0.101 e. The van der Waals surface area contributed by atoms with Gasteiger partial charge in [0, 0.05) is 16.1 Å². The van der Waals surface area contributed by atoms with Crippen LogP contribution in [0.25, 0.3) is 11.1 Å². The van der Waals surface area contributed by atoms with Gasteiger partial charge in [0.25, 0.3) is 0 Å². The van der Waals surface area contributed by atoms with Crippen LogP contribution in [0.2, 0.25) is 5.02 Å². The molecule has 1 aliphatic rings. The number of halogens is 1. The number of fused-ring (bicyclic) bond motifs is 3. The first-order valence-corrected chi connectivity index (χ1v) is 7.76. The third kappa shape index (κ3) is 2.58. The predicted octanol–water partition coefficient (Wildman–Crippen LogP) is 5.19. The zero-order chi connectivity index (χ0) is 15.6. The highest BCUT2D eigenvalue weighted by Gasteiger charge is 2.23. The molecule has 0 aromatic heterocycles. The van der Waals surface area contributed by atoms with E-state index in [1.807, 2.05) is 36.4 Å². The first kappa shape index (κ1) is 13.9. The van der Waals surface area contributed by atoms with Crippen LogP contribution >= 0.6 is 11.6 Å². The fraction of sp³-hybridized carbons (Fsp3) is 0. The highest BCUT2D eigenvalue weighted by Crippen LogP contribution is 2.36. The molecule has 0 aliphatic heterocycles. The van der Waals surface area contributed by atoms with Crippen molar-refractivity contribution in [1.29, 1.82) is 0 Å². The molecule has 3 aromatic rings. The SMILES string of the molecule is Clc1ccc(/C=N/N=C2c3ccccc3-c3ccccc32)cc1. The molecule has 0 N–H and O–H groups in total. The summed E-state index contributed by atoms with van der Waals surface area (Å²) >= 11 is 5.89. The molecular weight excluding hydrogens is 304 g/mol. The monoisotopic (exact) mass is 316 g/mol. The standard InChI is InChI=1S/C20H13ClN2/c21-15-11-9-14(10-12-15)13-22-23-20-18-7-3-1-5-16(18)17-6-2-4-8-19(17)20/h1-13H/b22-13+. The molecule has 23 heavy (non-hydrogen) atoms. The number of rotatable bonds is 2. The quantitative estimate of drug-likeness (QED) is 0.359. The molecule has 0 amide bonds. The summed E-state index contributed by atoms with van der Waals surface area (Å²) in [4.78, 5) is 0. The van der Waals surface area contributed by atoms with Crippen LogP contribution in [0.3, 0.4) is 0 Å². The van der Waals surface area contributed by atoms with Gasteiger partial charge in [-0.25, -0.2) is 0 Å². The molecule has 0 radical (unpaired) electrons. The Bertz CT molecular complexity index is 877. The lowest BCUT2D eigenvalue weighted by molar-refractivity contribution is 1.25. The van der Waals surface area contributed by atoms with E-state index in [2.05, 4.69) is 46.6 Å². The molecule has 0 unspecified atom stereocenters. The van der Waals surface area contributed by atoms with Gasteiger partial charge in [-0.2, -0.15) is 5.10 Å². The number of benzene rings is 3. The second kappa shape index (κ2) is 5.82. The van der Waals surface area contributed by atoms with Crippen LogP contribution in [-0.2, 0) is 0 Å². The van der Waals surface area contributed by atoms with Crippen molar-refractivity contribution >= 4 is 23.5 Å². The van der Waals surface area contributed by atoms with Gasteiger partial charge in [0.15, 0.2) is 0 Å². The Labute approximate surface area is 139 Å². The molecule has 2 nitrogen and oxygen atoms in total. The molecule has 0 saturated carbocycles. The fourth-order valence-electron chi connectivity index (χ4n) is 2.80. The molecule has 4 rings (SSSR count). The topological polar surface area (TPSA) is 24.7 Å². The van der Waals surface area contributed by atoms with E-state index in [9.17, 15) is 0 Å². The van der Waals surface area contributed by atoms with E-state index >= 15 is 0 Å². The molecule has 0 spiro atoms. The van der Waals surface area contributed by atoms with Gasteiger partial charge >= 0.3 is 0 Å². The summed E-state index contributed by atoms with van der Waals surface area (Å²) in [6.45, 7) is 0. The van der Waals surface area contributed by atoms with Gasteiger partial charge in [0.05, 0.1) is 6.21 Å². The lowest BCUT2D eigenvalue weighted by atomic mass is 10.1. The Hall–Kier alpha value is -2.71. The molecule has 0 fully saturated rings. The minimum absolute atomic E-state index is 0.715. The van der Waals surface area contributed by atoms with E-state index in [0.717, 1.165) is 22.4 Å². The Morgan fingerprint density at radius 1 is 0.652 bits per heavy atom. The Morgan fingerprint density at radius 2 is 1.17 bits per heavy atom. The first-order chi connectivity index (χ1) is 11.3. The van der Waals surface area contributed by atoms with Crippen molar-refractivity contribution in [1.82, 2.24) is 0 Å². The summed E-state index contributed by atoms with van der Waals surface area (Å²) in [6, 6.07) is 24.1. The lowest BCUT2D eigenvalue weighted by Crippen LogP contribution is -1.97. The van der Waals surface area contributed by atoms with E-state index in [-0.39, 0.29) is 0 Å². The van der Waals surface area contributed by atoms with Crippen LogP contribution < -0.4 is 0 Å². The summed E-state index contributed by atoms with van der Waals surface area (Å²) in [5.74, 6) is 0. The molecule has 0 saturated heterocycles. The van der Waals surface area contributed by atoms with Gasteiger partial charge in [-0.05, 0) is 28.8 Å². The van der Waals surface area contributed by atoms with Crippen molar-refractivity contribution in [3.63, 3.8) is 0 Å². The summed E-state index contributed by atoms with van der Waals surface area (Å²) in [7, 11) is 0. The molecule has 1 aliphatic carbocycles. The maximum absolute atomic E-state index is 5.89. The van der Waals surface area contributed by atoms with Gasteiger partial charge in [-0.15, -0.1) is 5.10 Å². The lowest BCUT2D eigenvalue weighted by Gasteiger charge is -1.98. The van der Waals surface area contributed by atoms with Crippen LogP contribution in [0.15, 0.2) is 83.0 Å². The highest BCUT2D eigenvalue weighted by atomic mass is 35.5. The predicted molar refractivity (Wildman–Crippen MR) is 96.6 cm³/mol. The molecule has 0 bridgehead atoms. The van der Waals surface area contributed by atoms with Crippen molar-refractivity contribution in [2.45, 2.75) is 0 Å². The second-order valence-electron chi connectivity index (χ2n) is 5.34. The molecule has 3 heteroatoms. The normalized spacial score (nSPS) is 12.3. The largest absolute Gasteiger partial charge is 0.158 e. The average Bonchev–Trinajstić information content (AvgIpc) is 2.91. The molecule has 0 atom stereocenters. The Kier molecular flexibility index (Phi) is 3.52. The Balaban J connectivity index is 1.75. The van der Waals surface area contributed by atoms with Crippen molar-refractivity contribution in [3.8, 4) is 11.1 Å². The van der Waals surface area contributed by atoms with Crippen LogP contribution in [0.1, 0.15) is 16.7 Å². The summed E-state index contributed by atoms with van der Waals surface area (Å²) in [6.07, 6.45) is 1.74. The van der Waals surface area contributed by atoms with Crippen molar-refractivity contribution < 1.29 is 0 Å². The van der Waals surface area contributed by atoms with Crippen LogP contribution in [0.4, 0.5) is 0 Å². The second-order valence-corrected chi connectivity index (χ2v) is 5.77. The average molecular weight is 317 g/mol. The number of hydrogen-bond donors (Lipinski definition) is 0. The fourth-order valence-corrected chi connectivity index (χ4v) is 2.93. The molecule has 110 valence electrons. The number of nitrogens with zero attached hydrogens (tertiary/aromatic N) is 2. The van der Waals surface area contributed by atoms with E-state index in [4.69, 9.17) is 11.6 Å². The summed E-state index contributed by atoms with van der Waals surface area (Å²) in [5, 5.41) is 9.46. The smallest absolute Gasteiger partial charge is 0.101 e. The van der Waals surface area contributed by atoms with Gasteiger partial charge in [-0.1, -0.05) is 72.3 Å². The zero-order valence-electron chi connectivity index (χ0n) is 12.3. The van der Waals surface area contributed by atoms with E-state index in [1.165, 1.54) is 11.1 Å². The van der Waals surface area contributed by atoms with Crippen molar-refractivity contribution in [2.24, 2.45) is 10.2 Å². The molecular formula is C20H13ClN2. The highest BCUT2D eigenvalue weighted by molar-refractivity contribution is 6.30. The summed E-state index contributed by atoms with van der Waals surface area (Å²) in [5.41, 5.74) is 6.57. The van der Waals surface area contributed by atoms with Gasteiger partial charge < -0.3 is 0 Å². The van der Waals surface area contributed by atoms with Gasteiger partial charge in [-0.3, -0.25) is 0 Å². The van der Waals surface area contributed by atoms with Gasteiger partial charge in [0.2, 0.25) is 0 Å². The minimum Gasteiger partial charge on any atom is -0.158 e. The van der Waals surface area contributed by atoms with E-state index in [0.29, 0.717) is 5.02 Å². The third-order valence-corrected chi connectivity index (χ3v) is 4.14. The van der Waals surface area contributed by atoms with Crippen LogP contribution in [-0.4, -0.2) is 11.9 Å². The van der Waals surface area contributed by atoms with Crippen molar-refractivity contribution in [3.05, 3.63) is 94.5 Å². The van der Waals surface area contributed by atoms with Crippen LogP contribution in [0, 0.1) is 0 Å². The minimum atomic E-state index is 0.715. The van der Waals surface area contributed by atoms with E-state index < -0.39 is 0 Å². The first-order valence-electron chi connectivity index (χ1n) is 7.39. The Morgan fingerprint density at radius 3 is 1.74 bits per heavy atom. The zero-order valence-corrected chi connectivity index (χ0v) is 13.0. The molecule has 0 heterocycles. The molecule has 3 aromatic carbocycles. The third-order valence-electron chi connectivity index (χ3n) is 3.89. The maximum atomic E-state index is 5.89. The summed E-state index contributed by atoms with van der Waals surface area (Å²) < 4.78 is 0. The van der Waals surface area contributed by atoms with Crippen LogP contribution in [0.5, 0.6) is 0 Å². The van der Waals surface area contributed by atoms with Crippen molar-refractivity contribution in [2.75, 3.05) is 0 Å². The van der Waals surface area contributed by atoms with Gasteiger partial charge in [0.1, 0.15) is 5.71 Å². The van der Waals surface area contributed by atoms with E-state index in [1.54, 1.807) is 6.21 Å². The number of hydrogen-bond acceptors (Lipinski definition) is 2.